The minimum atomic E-state index is -0.0404. The van der Waals surface area contributed by atoms with Crippen LogP contribution in [0.5, 0.6) is 0 Å². The Morgan fingerprint density at radius 2 is 1.67 bits per heavy atom. The van der Waals surface area contributed by atoms with Gasteiger partial charge in [-0.2, -0.15) is 0 Å². The van der Waals surface area contributed by atoms with Crippen LogP contribution < -0.4 is 0 Å². The highest BCUT2D eigenvalue weighted by Gasteiger charge is 2.58. The molecular weight excluding hydrogens is 364 g/mol. The fourth-order valence-corrected chi connectivity index (χ4v) is 9.15. The Morgan fingerprint density at radius 3 is 2.37 bits per heavy atom. The molecule has 0 aromatic carbocycles. The first kappa shape index (κ1) is 22.9. The van der Waals surface area contributed by atoms with Crippen LogP contribution in [0.3, 0.4) is 0 Å². The number of aliphatic hydroxyl groups excluding tert-OH is 1. The van der Waals surface area contributed by atoms with Gasteiger partial charge in [-0.1, -0.05) is 66.0 Å². The lowest BCUT2D eigenvalue weighted by molar-refractivity contribution is -0.0428. The van der Waals surface area contributed by atoms with E-state index in [9.17, 15) is 5.11 Å². The van der Waals surface area contributed by atoms with Gasteiger partial charge in [0, 0.05) is 0 Å². The minimum Gasteiger partial charge on any atom is -0.393 e. The lowest BCUT2D eigenvalue weighted by Crippen LogP contribution is -2.49. The fourth-order valence-electron chi connectivity index (χ4n) is 9.15. The molecule has 1 unspecified atom stereocenters. The Morgan fingerprint density at radius 1 is 0.967 bits per heavy atom. The zero-order valence-electron chi connectivity index (χ0n) is 20.9. The van der Waals surface area contributed by atoms with Crippen molar-refractivity contribution in [3.63, 3.8) is 0 Å². The van der Waals surface area contributed by atoms with E-state index in [1.54, 1.807) is 0 Å². The average Bonchev–Trinajstić information content (AvgIpc) is 3.06. The summed E-state index contributed by atoms with van der Waals surface area (Å²) >= 11 is 0. The summed E-state index contributed by atoms with van der Waals surface area (Å²) in [6.45, 7) is 15.1. The molecule has 0 saturated heterocycles. The van der Waals surface area contributed by atoms with E-state index in [-0.39, 0.29) is 6.10 Å². The molecule has 0 radical (unpaired) electrons. The van der Waals surface area contributed by atoms with Crippen molar-refractivity contribution in [2.45, 2.75) is 118 Å². The van der Waals surface area contributed by atoms with Gasteiger partial charge in [-0.25, -0.2) is 0 Å². The van der Waals surface area contributed by atoms with Gasteiger partial charge in [0.05, 0.1) is 6.10 Å². The SMILES string of the molecule is CCC(CC[C@@H](C)[C@H]1CC[C@H]2C3=CC[C@H]4C[C@@H](O)CC[C@]4(C)[C@H]3CC[C@]12C)C(C)C. The molecule has 0 spiro atoms. The monoisotopic (exact) mass is 414 g/mol. The lowest BCUT2D eigenvalue weighted by Gasteiger charge is -2.57. The van der Waals surface area contributed by atoms with Crippen molar-refractivity contribution in [1.29, 1.82) is 0 Å². The van der Waals surface area contributed by atoms with Crippen LogP contribution in [0.15, 0.2) is 11.6 Å². The number of rotatable bonds is 6. The Labute approximate surface area is 187 Å². The summed E-state index contributed by atoms with van der Waals surface area (Å²) in [7, 11) is 0. The van der Waals surface area contributed by atoms with Gasteiger partial charge >= 0.3 is 0 Å². The molecule has 1 nitrogen and oxygen atoms in total. The highest BCUT2D eigenvalue weighted by Crippen LogP contribution is 2.67. The van der Waals surface area contributed by atoms with Crippen molar-refractivity contribution in [3.05, 3.63) is 11.6 Å². The molecule has 0 aromatic rings. The normalized spacial score (nSPS) is 45.3. The molecule has 172 valence electrons. The van der Waals surface area contributed by atoms with Gasteiger partial charge < -0.3 is 5.11 Å². The zero-order chi connectivity index (χ0) is 21.7. The Kier molecular flexibility index (Phi) is 6.53. The van der Waals surface area contributed by atoms with Crippen LogP contribution in [0.4, 0.5) is 0 Å². The van der Waals surface area contributed by atoms with Gasteiger partial charge in [0.1, 0.15) is 0 Å². The summed E-state index contributed by atoms with van der Waals surface area (Å²) in [6.07, 6.45) is 17.2. The Hall–Kier alpha value is -0.300. The molecule has 4 aliphatic rings. The molecule has 0 aromatic heterocycles. The first-order valence-electron chi connectivity index (χ1n) is 13.6. The number of hydrogen-bond donors (Lipinski definition) is 1. The van der Waals surface area contributed by atoms with E-state index in [0.717, 1.165) is 54.3 Å². The van der Waals surface area contributed by atoms with Crippen molar-refractivity contribution >= 4 is 0 Å². The fraction of sp³-hybridized carbons (Fsp3) is 0.931. The lowest BCUT2D eigenvalue weighted by atomic mass is 9.47. The van der Waals surface area contributed by atoms with Gasteiger partial charge in [-0.05, 0) is 110 Å². The van der Waals surface area contributed by atoms with Crippen molar-refractivity contribution < 1.29 is 5.11 Å². The van der Waals surface area contributed by atoms with Crippen LogP contribution in [0.1, 0.15) is 112 Å². The number of aliphatic hydroxyl groups is 1. The molecule has 4 rings (SSSR count). The molecule has 1 heteroatoms. The third-order valence-corrected chi connectivity index (χ3v) is 11.3. The third kappa shape index (κ3) is 3.74. The molecular formula is C29H50O. The minimum absolute atomic E-state index is 0.0404. The summed E-state index contributed by atoms with van der Waals surface area (Å²) in [4.78, 5) is 0. The molecule has 3 saturated carbocycles. The highest BCUT2D eigenvalue weighted by molar-refractivity contribution is 5.27. The number of fused-ring (bicyclic) bond motifs is 5. The maximum atomic E-state index is 10.3. The second-order valence-corrected chi connectivity index (χ2v) is 12.9. The second-order valence-electron chi connectivity index (χ2n) is 12.9. The maximum Gasteiger partial charge on any atom is 0.0543 e. The van der Waals surface area contributed by atoms with Crippen LogP contribution in [-0.4, -0.2) is 11.2 Å². The number of allylic oxidation sites excluding steroid dienone is 2. The second kappa shape index (κ2) is 8.57. The van der Waals surface area contributed by atoms with E-state index in [1.165, 1.54) is 57.8 Å². The van der Waals surface area contributed by atoms with Gasteiger partial charge in [0.15, 0.2) is 0 Å². The Balaban J connectivity index is 1.48. The molecule has 0 aliphatic heterocycles. The molecule has 1 N–H and O–H groups in total. The summed E-state index contributed by atoms with van der Waals surface area (Å²) in [5.41, 5.74) is 2.88. The van der Waals surface area contributed by atoms with Crippen molar-refractivity contribution in [3.8, 4) is 0 Å². The first-order chi connectivity index (χ1) is 14.2. The largest absolute Gasteiger partial charge is 0.393 e. The van der Waals surface area contributed by atoms with Gasteiger partial charge in [0.25, 0.3) is 0 Å². The maximum absolute atomic E-state index is 10.3. The van der Waals surface area contributed by atoms with Crippen LogP contribution in [0.2, 0.25) is 0 Å². The highest BCUT2D eigenvalue weighted by atomic mass is 16.3. The van der Waals surface area contributed by atoms with Crippen molar-refractivity contribution in [2.24, 2.45) is 52.3 Å². The van der Waals surface area contributed by atoms with E-state index in [2.05, 4.69) is 47.6 Å². The molecule has 4 aliphatic carbocycles. The summed E-state index contributed by atoms with van der Waals surface area (Å²) in [6, 6.07) is 0. The van der Waals surface area contributed by atoms with Crippen LogP contribution in [0.25, 0.3) is 0 Å². The summed E-state index contributed by atoms with van der Waals surface area (Å²) < 4.78 is 0. The molecule has 0 amide bonds. The molecule has 30 heavy (non-hydrogen) atoms. The first-order valence-corrected chi connectivity index (χ1v) is 13.6. The van der Waals surface area contributed by atoms with E-state index < -0.39 is 0 Å². The van der Waals surface area contributed by atoms with Gasteiger partial charge in [-0.15, -0.1) is 0 Å². The van der Waals surface area contributed by atoms with Gasteiger partial charge in [-0.3, -0.25) is 0 Å². The number of hydrogen-bond acceptors (Lipinski definition) is 1. The summed E-state index contributed by atoms with van der Waals surface area (Å²) in [5, 5.41) is 10.3. The molecule has 3 fully saturated rings. The smallest absolute Gasteiger partial charge is 0.0543 e. The quantitative estimate of drug-likeness (QED) is 0.436. The van der Waals surface area contributed by atoms with Crippen LogP contribution in [0, 0.1) is 52.3 Å². The Bertz CT molecular complexity index is 634. The predicted octanol–water partition coefficient (Wildman–Crippen LogP) is 8.02. The van der Waals surface area contributed by atoms with Gasteiger partial charge in [0.2, 0.25) is 0 Å². The third-order valence-electron chi connectivity index (χ3n) is 11.3. The predicted molar refractivity (Wildman–Crippen MR) is 128 cm³/mol. The molecule has 0 heterocycles. The van der Waals surface area contributed by atoms with E-state index in [0.29, 0.717) is 10.8 Å². The average molecular weight is 415 g/mol. The zero-order valence-corrected chi connectivity index (χ0v) is 20.9. The van der Waals surface area contributed by atoms with Crippen LogP contribution in [-0.2, 0) is 0 Å². The van der Waals surface area contributed by atoms with Crippen LogP contribution >= 0.6 is 0 Å². The summed E-state index contributed by atoms with van der Waals surface area (Å²) in [5.74, 6) is 5.92. The molecule has 0 bridgehead atoms. The van der Waals surface area contributed by atoms with E-state index in [1.807, 2.05) is 5.57 Å². The van der Waals surface area contributed by atoms with E-state index in [4.69, 9.17) is 0 Å². The van der Waals surface area contributed by atoms with Crippen molar-refractivity contribution in [1.82, 2.24) is 0 Å². The van der Waals surface area contributed by atoms with Crippen molar-refractivity contribution in [2.75, 3.05) is 0 Å². The standard InChI is InChI=1S/C29H50O/c1-7-21(19(2)3)9-8-20(4)25-12-13-26-24-11-10-22-18-23(30)14-16-28(22,5)27(24)15-17-29(25,26)6/h11,19-23,25-27,30H,7-10,12-18H2,1-6H3/t20-,21?,22+,23+,25-,26+,27+,28+,29-/m1/s1. The topological polar surface area (TPSA) is 20.2 Å². The van der Waals surface area contributed by atoms with E-state index >= 15 is 0 Å². The molecule has 9 atom stereocenters.